The molecule has 3 aromatic rings. The molecule has 0 fully saturated rings. The van der Waals surface area contributed by atoms with E-state index in [1.807, 2.05) is 51.9 Å². The molecular weight excluding hydrogens is 310 g/mol. The first-order chi connectivity index (χ1) is 12.1. The van der Waals surface area contributed by atoms with Gasteiger partial charge in [0, 0.05) is 18.8 Å². The highest BCUT2D eigenvalue weighted by molar-refractivity contribution is 5.95. The Hall–Kier alpha value is -2.62. The van der Waals surface area contributed by atoms with E-state index in [0.717, 1.165) is 29.7 Å². The summed E-state index contributed by atoms with van der Waals surface area (Å²) in [6.07, 6.45) is 3.69. The number of amides is 1. The Labute approximate surface area is 149 Å². The SMILES string of the molecule is CCCc1nc2ccccn2c1C(=O)N(Cc1ccccc1)C(C)C. The maximum absolute atomic E-state index is 13.4. The van der Waals surface area contributed by atoms with Gasteiger partial charge in [-0.3, -0.25) is 9.20 Å². The molecule has 1 aromatic carbocycles. The lowest BCUT2D eigenvalue weighted by Crippen LogP contribution is -2.37. The van der Waals surface area contributed by atoms with Gasteiger partial charge in [0.2, 0.25) is 0 Å². The third-order valence-electron chi connectivity index (χ3n) is 4.37. The molecule has 0 aliphatic rings. The molecule has 25 heavy (non-hydrogen) atoms. The molecule has 1 amide bonds. The van der Waals surface area contributed by atoms with Crippen molar-refractivity contribution in [3.05, 3.63) is 71.7 Å². The molecule has 2 heterocycles. The summed E-state index contributed by atoms with van der Waals surface area (Å²) in [4.78, 5) is 20.0. The van der Waals surface area contributed by atoms with Crippen LogP contribution in [0.25, 0.3) is 5.65 Å². The zero-order valence-corrected chi connectivity index (χ0v) is 15.1. The zero-order chi connectivity index (χ0) is 17.8. The number of carbonyl (C=O) groups excluding carboxylic acids is 1. The Balaban J connectivity index is 2.02. The zero-order valence-electron chi connectivity index (χ0n) is 15.1. The van der Waals surface area contributed by atoms with Crippen LogP contribution in [0, 0.1) is 0 Å². The lowest BCUT2D eigenvalue weighted by Gasteiger charge is -2.27. The molecule has 0 N–H and O–H groups in total. The maximum atomic E-state index is 13.4. The van der Waals surface area contributed by atoms with Gasteiger partial charge in [0.25, 0.3) is 5.91 Å². The number of hydrogen-bond donors (Lipinski definition) is 0. The molecule has 0 saturated heterocycles. The van der Waals surface area contributed by atoms with Gasteiger partial charge in [-0.05, 0) is 38.0 Å². The molecule has 4 heteroatoms. The van der Waals surface area contributed by atoms with Crippen LogP contribution in [-0.4, -0.2) is 26.2 Å². The Morgan fingerprint density at radius 1 is 1.12 bits per heavy atom. The summed E-state index contributed by atoms with van der Waals surface area (Å²) in [5.41, 5.74) is 3.55. The summed E-state index contributed by atoms with van der Waals surface area (Å²) in [7, 11) is 0. The van der Waals surface area contributed by atoms with Crippen molar-refractivity contribution < 1.29 is 4.79 Å². The molecule has 0 unspecified atom stereocenters. The highest BCUT2D eigenvalue weighted by Crippen LogP contribution is 2.19. The highest BCUT2D eigenvalue weighted by atomic mass is 16.2. The van der Waals surface area contributed by atoms with Gasteiger partial charge in [0.15, 0.2) is 0 Å². The van der Waals surface area contributed by atoms with E-state index in [9.17, 15) is 4.79 Å². The minimum Gasteiger partial charge on any atom is -0.331 e. The third-order valence-corrected chi connectivity index (χ3v) is 4.37. The molecule has 0 radical (unpaired) electrons. The second-order valence-corrected chi connectivity index (χ2v) is 6.60. The molecule has 0 aliphatic carbocycles. The van der Waals surface area contributed by atoms with E-state index in [0.29, 0.717) is 12.2 Å². The Morgan fingerprint density at radius 3 is 2.52 bits per heavy atom. The van der Waals surface area contributed by atoms with Crippen molar-refractivity contribution in [1.82, 2.24) is 14.3 Å². The van der Waals surface area contributed by atoms with Crippen LogP contribution in [-0.2, 0) is 13.0 Å². The van der Waals surface area contributed by atoms with E-state index in [-0.39, 0.29) is 11.9 Å². The number of nitrogens with zero attached hydrogens (tertiary/aromatic N) is 3. The normalized spacial score (nSPS) is 11.2. The predicted octanol–water partition coefficient (Wildman–Crippen LogP) is 4.34. The first kappa shape index (κ1) is 17.2. The molecule has 0 saturated carbocycles. The van der Waals surface area contributed by atoms with Gasteiger partial charge in [0.05, 0.1) is 5.69 Å². The van der Waals surface area contributed by atoms with E-state index in [1.165, 1.54) is 0 Å². The fourth-order valence-electron chi connectivity index (χ4n) is 3.09. The van der Waals surface area contributed by atoms with Crippen LogP contribution in [0.2, 0.25) is 0 Å². The van der Waals surface area contributed by atoms with Crippen LogP contribution in [0.3, 0.4) is 0 Å². The average molecular weight is 335 g/mol. The van der Waals surface area contributed by atoms with Crippen molar-refractivity contribution in [2.24, 2.45) is 0 Å². The number of aryl methyl sites for hydroxylation is 1. The summed E-state index contributed by atoms with van der Waals surface area (Å²) in [5.74, 6) is 0.0426. The number of carbonyl (C=O) groups is 1. The standard InChI is InChI=1S/C21H25N3O/c1-4-10-18-20(23-14-9-8-13-19(23)22-18)21(25)24(16(2)3)15-17-11-6-5-7-12-17/h5-9,11-14,16H,4,10,15H2,1-3H3. The summed E-state index contributed by atoms with van der Waals surface area (Å²) < 4.78 is 1.92. The quantitative estimate of drug-likeness (QED) is 0.672. The van der Waals surface area contributed by atoms with Crippen LogP contribution in [0.4, 0.5) is 0 Å². The van der Waals surface area contributed by atoms with Gasteiger partial charge in [-0.25, -0.2) is 4.98 Å². The highest BCUT2D eigenvalue weighted by Gasteiger charge is 2.25. The molecule has 130 valence electrons. The predicted molar refractivity (Wildman–Crippen MR) is 101 cm³/mol. The van der Waals surface area contributed by atoms with Crippen molar-refractivity contribution in [2.75, 3.05) is 0 Å². The number of rotatable bonds is 6. The van der Waals surface area contributed by atoms with Gasteiger partial charge in [0.1, 0.15) is 11.3 Å². The van der Waals surface area contributed by atoms with Gasteiger partial charge in [-0.15, -0.1) is 0 Å². The number of pyridine rings is 1. The third kappa shape index (κ3) is 3.58. The van der Waals surface area contributed by atoms with Crippen molar-refractivity contribution in [3.8, 4) is 0 Å². The fourth-order valence-corrected chi connectivity index (χ4v) is 3.09. The number of hydrogen-bond acceptors (Lipinski definition) is 2. The van der Waals surface area contributed by atoms with Gasteiger partial charge < -0.3 is 4.90 Å². The summed E-state index contributed by atoms with van der Waals surface area (Å²) >= 11 is 0. The van der Waals surface area contributed by atoms with E-state index >= 15 is 0 Å². The fraction of sp³-hybridized carbons (Fsp3) is 0.333. The Bertz CT molecular complexity index is 852. The molecule has 0 bridgehead atoms. The van der Waals surface area contributed by atoms with Crippen molar-refractivity contribution in [2.45, 2.75) is 46.2 Å². The average Bonchev–Trinajstić information content (AvgIpc) is 2.98. The molecular formula is C21H25N3O. The minimum atomic E-state index is 0.0426. The lowest BCUT2D eigenvalue weighted by molar-refractivity contribution is 0.0682. The second-order valence-electron chi connectivity index (χ2n) is 6.60. The van der Waals surface area contributed by atoms with E-state index in [2.05, 4.69) is 37.9 Å². The summed E-state index contributed by atoms with van der Waals surface area (Å²) in [5, 5.41) is 0. The minimum absolute atomic E-state index is 0.0426. The first-order valence-electron chi connectivity index (χ1n) is 8.92. The van der Waals surface area contributed by atoms with E-state index in [4.69, 9.17) is 0 Å². The van der Waals surface area contributed by atoms with Crippen molar-refractivity contribution >= 4 is 11.6 Å². The van der Waals surface area contributed by atoms with Crippen molar-refractivity contribution in [3.63, 3.8) is 0 Å². The van der Waals surface area contributed by atoms with Crippen LogP contribution in [0.1, 0.15) is 48.9 Å². The number of imidazole rings is 1. The molecule has 0 aliphatic heterocycles. The van der Waals surface area contributed by atoms with Crippen LogP contribution < -0.4 is 0 Å². The lowest BCUT2D eigenvalue weighted by atomic mass is 10.1. The number of benzene rings is 1. The summed E-state index contributed by atoms with van der Waals surface area (Å²) in [6.45, 7) is 6.83. The van der Waals surface area contributed by atoms with Gasteiger partial charge in [-0.1, -0.05) is 49.7 Å². The molecule has 0 atom stereocenters. The molecule has 2 aromatic heterocycles. The van der Waals surface area contributed by atoms with Gasteiger partial charge in [-0.2, -0.15) is 0 Å². The topological polar surface area (TPSA) is 37.6 Å². The monoisotopic (exact) mass is 335 g/mol. The summed E-state index contributed by atoms with van der Waals surface area (Å²) in [6, 6.07) is 16.1. The number of aromatic nitrogens is 2. The Morgan fingerprint density at radius 2 is 1.84 bits per heavy atom. The smallest absolute Gasteiger partial charge is 0.273 e. The van der Waals surface area contributed by atoms with Crippen LogP contribution >= 0.6 is 0 Å². The van der Waals surface area contributed by atoms with Crippen molar-refractivity contribution in [1.29, 1.82) is 0 Å². The van der Waals surface area contributed by atoms with Crippen LogP contribution in [0.5, 0.6) is 0 Å². The first-order valence-corrected chi connectivity index (χ1v) is 8.92. The van der Waals surface area contributed by atoms with E-state index in [1.54, 1.807) is 0 Å². The van der Waals surface area contributed by atoms with Crippen LogP contribution in [0.15, 0.2) is 54.7 Å². The molecule has 4 nitrogen and oxygen atoms in total. The van der Waals surface area contributed by atoms with E-state index < -0.39 is 0 Å². The molecule has 0 spiro atoms. The van der Waals surface area contributed by atoms with Gasteiger partial charge >= 0.3 is 0 Å². The molecule has 3 rings (SSSR count). The Kier molecular flexibility index (Phi) is 5.17. The number of fused-ring (bicyclic) bond motifs is 1. The second kappa shape index (κ2) is 7.51. The largest absolute Gasteiger partial charge is 0.331 e. The maximum Gasteiger partial charge on any atom is 0.273 e.